The molecule has 0 aliphatic rings. The highest BCUT2D eigenvalue weighted by atomic mass is 32.2. The van der Waals surface area contributed by atoms with Crippen LogP contribution in [0.5, 0.6) is 0 Å². The summed E-state index contributed by atoms with van der Waals surface area (Å²) in [6, 6.07) is 16.9. The fourth-order valence-corrected chi connectivity index (χ4v) is 3.25. The topological polar surface area (TPSA) is 85.8 Å². The number of anilines is 1. The van der Waals surface area contributed by atoms with E-state index < -0.39 is 0 Å². The van der Waals surface area contributed by atoms with Crippen molar-refractivity contribution in [3.05, 3.63) is 71.5 Å². The van der Waals surface area contributed by atoms with Crippen LogP contribution in [0.4, 0.5) is 5.69 Å². The number of nitrogens with zero attached hydrogens (tertiary/aromatic N) is 3. The molecule has 1 aromatic heterocycles. The lowest BCUT2D eigenvalue weighted by atomic mass is 10.1. The van der Waals surface area contributed by atoms with Gasteiger partial charge in [0.25, 0.3) is 5.91 Å². The van der Waals surface area contributed by atoms with Crippen LogP contribution in [0.25, 0.3) is 0 Å². The maximum Gasteiger partial charge on any atom is 0.255 e. The molecule has 0 radical (unpaired) electrons. The molecular formula is C18H19N5OS. The molecule has 1 atom stereocenters. The molecule has 0 bridgehead atoms. The first kappa shape index (κ1) is 17.0. The lowest BCUT2D eigenvalue weighted by molar-refractivity contribution is 0.102. The predicted molar refractivity (Wildman–Crippen MR) is 100 cm³/mol. The minimum absolute atomic E-state index is 0.111. The molecule has 0 saturated carbocycles. The van der Waals surface area contributed by atoms with Crippen molar-refractivity contribution in [2.24, 2.45) is 0 Å². The second kappa shape index (κ2) is 7.40. The second-order valence-electron chi connectivity index (χ2n) is 5.61. The highest BCUT2D eigenvalue weighted by molar-refractivity contribution is 7.99. The highest BCUT2D eigenvalue weighted by Gasteiger charge is 2.14. The zero-order chi connectivity index (χ0) is 17.8. The third kappa shape index (κ3) is 4.00. The van der Waals surface area contributed by atoms with Gasteiger partial charge in [0.1, 0.15) is 5.82 Å². The molecule has 0 fully saturated rings. The summed E-state index contributed by atoms with van der Waals surface area (Å²) in [5.74, 6) is 6.44. The number of aryl methyl sites for hydroxylation is 1. The molecular weight excluding hydrogens is 334 g/mol. The van der Waals surface area contributed by atoms with E-state index in [0.29, 0.717) is 16.5 Å². The van der Waals surface area contributed by atoms with E-state index >= 15 is 0 Å². The Morgan fingerprint density at radius 2 is 1.92 bits per heavy atom. The van der Waals surface area contributed by atoms with E-state index in [1.54, 1.807) is 12.1 Å². The number of carbonyl (C=O) groups excluding carboxylic acids is 1. The molecule has 1 unspecified atom stereocenters. The summed E-state index contributed by atoms with van der Waals surface area (Å²) in [4.78, 5) is 12.3. The molecule has 7 heteroatoms. The lowest BCUT2D eigenvalue weighted by Gasteiger charge is -2.13. The van der Waals surface area contributed by atoms with E-state index in [2.05, 4.69) is 22.4 Å². The molecule has 0 saturated heterocycles. The molecule has 25 heavy (non-hydrogen) atoms. The summed E-state index contributed by atoms with van der Waals surface area (Å²) in [7, 11) is 0. The number of thioether (sulfide) groups is 1. The molecule has 1 heterocycles. The quantitative estimate of drug-likeness (QED) is 0.542. The Morgan fingerprint density at radius 3 is 2.60 bits per heavy atom. The van der Waals surface area contributed by atoms with E-state index in [1.807, 2.05) is 49.4 Å². The van der Waals surface area contributed by atoms with E-state index in [-0.39, 0.29) is 11.2 Å². The molecule has 3 rings (SSSR count). The summed E-state index contributed by atoms with van der Waals surface area (Å²) < 4.78 is 1.47. The molecule has 3 aromatic rings. The van der Waals surface area contributed by atoms with Crippen LogP contribution in [-0.2, 0) is 0 Å². The second-order valence-corrected chi connectivity index (χ2v) is 6.91. The lowest BCUT2D eigenvalue weighted by Crippen LogP contribution is -2.12. The molecule has 0 aliphatic heterocycles. The largest absolute Gasteiger partial charge is 0.336 e. The van der Waals surface area contributed by atoms with Gasteiger partial charge in [0.15, 0.2) is 0 Å². The van der Waals surface area contributed by atoms with E-state index in [4.69, 9.17) is 5.84 Å². The first-order valence-corrected chi connectivity index (χ1v) is 8.72. The zero-order valence-electron chi connectivity index (χ0n) is 14.0. The smallest absolute Gasteiger partial charge is 0.255 e. The van der Waals surface area contributed by atoms with Gasteiger partial charge >= 0.3 is 0 Å². The van der Waals surface area contributed by atoms with Crippen LogP contribution in [0.3, 0.4) is 0 Å². The fourth-order valence-electron chi connectivity index (χ4n) is 2.32. The van der Waals surface area contributed by atoms with E-state index in [0.717, 1.165) is 11.3 Å². The van der Waals surface area contributed by atoms with Crippen molar-refractivity contribution in [2.75, 3.05) is 11.2 Å². The van der Waals surface area contributed by atoms with Gasteiger partial charge in [0.2, 0.25) is 5.16 Å². The normalized spacial score (nSPS) is 11.9. The number of carbonyl (C=O) groups is 1. The van der Waals surface area contributed by atoms with Crippen molar-refractivity contribution < 1.29 is 4.79 Å². The van der Waals surface area contributed by atoms with Crippen molar-refractivity contribution >= 4 is 23.4 Å². The molecule has 2 aromatic carbocycles. The van der Waals surface area contributed by atoms with Crippen molar-refractivity contribution in [2.45, 2.75) is 24.3 Å². The van der Waals surface area contributed by atoms with Gasteiger partial charge in [0, 0.05) is 16.5 Å². The standard InChI is InChI=1S/C18H19N5OS/c1-12(25-18-22-21-13(2)23(18)19)15-9-6-10-16(11-15)20-17(24)14-7-4-3-5-8-14/h3-12H,19H2,1-2H3,(H,20,24). The number of rotatable bonds is 5. The number of nitrogen functional groups attached to an aromatic ring is 1. The summed E-state index contributed by atoms with van der Waals surface area (Å²) in [6.07, 6.45) is 0. The Hall–Kier alpha value is -2.80. The van der Waals surface area contributed by atoms with Gasteiger partial charge in [-0.15, -0.1) is 10.2 Å². The van der Waals surface area contributed by atoms with Gasteiger partial charge in [-0.2, -0.15) is 0 Å². The van der Waals surface area contributed by atoms with E-state index in [9.17, 15) is 4.79 Å². The molecule has 6 nitrogen and oxygen atoms in total. The predicted octanol–water partition coefficient (Wildman–Crippen LogP) is 3.41. The first-order valence-electron chi connectivity index (χ1n) is 7.84. The van der Waals surface area contributed by atoms with Gasteiger partial charge in [-0.25, -0.2) is 4.68 Å². The van der Waals surface area contributed by atoms with Gasteiger partial charge in [-0.1, -0.05) is 42.1 Å². The Balaban J connectivity index is 1.72. The summed E-state index contributed by atoms with van der Waals surface area (Å²) in [6.45, 7) is 3.87. The number of nitrogens with two attached hydrogens (primary N) is 1. The fraction of sp³-hybridized carbons (Fsp3) is 0.167. The van der Waals surface area contributed by atoms with Crippen molar-refractivity contribution in [3.8, 4) is 0 Å². The van der Waals surface area contributed by atoms with Crippen LogP contribution in [0.1, 0.15) is 33.9 Å². The first-order chi connectivity index (χ1) is 12.0. The summed E-state index contributed by atoms with van der Waals surface area (Å²) >= 11 is 1.52. The van der Waals surface area contributed by atoms with Gasteiger partial charge in [-0.05, 0) is 43.7 Å². The summed E-state index contributed by atoms with van der Waals surface area (Å²) in [5, 5.41) is 11.7. The number of aromatic nitrogens is 3. The number of hydrogen-bond acceptors (Lipinski definition) is 5. The van der Waals surface area contributed by atoms with Crippen LogP contribution in [0, 0.1) is 6.92 Å². The van der Waals surface area contributed by atoms with Crippen LogP contribution in [-0.4, -0.2) is 20.8 Å². The van der Waals surface area contributed by atoms with Gasteiger partial charge in [-0.3, -0.25) is 4.79 Å². The number of benzene rings is 2. The highest BCUT2D eigenvalue weighted by Crippen LogP contribution is 2.34. The van der Waals surface area contributed by atoms with Crippen molar-refractivity contribution in [3.63, 3.8) is 0 Å². The van der Waals surface area contributed by atoms with Crippen LogP contribution < -0.4 is 11.2 Å². The molecule has 128 valence electrons. The average molecular weight is 353 g/mol. The number of amides is 1. The monoisotopic (exact) mass is 353 g/mol. The van der Waals surface area contributed by atoms with Crippen molar-refractivity contribution in [1.82, 2.24) is 14.9 Å². The average Bonchev–Trinajstić information content (AvgIpc) is 2.94. The molecule has 1 amide bonds. The van der Waals surface area contributed by atoms with Crippen LogP contribution in [0.2, 0.25) is 0 Å². The molecule has 3 N–H and O–H groups in total. The van der Waals surface area contributed by atoms with Crippen LogP contribution in [0.15, 0.2) is 59.8 Å². The Morgan fingerprint density at radius 1 is 1.16 bits per heavy atom. The number of nitrogens with one attached hydrogen (secondary N) is 1. The van der Waals surface area contributed by atoms with Gasteiger partial charge in [0.05, 0.1) is 0 Å². The van der Waals surface area contributed by atoms with Crippen LogP contribution >= 0.6 is 11.8 Å². The maximum absolute atomic E-state index is 12.3. The maximum atomic E-state index is 12.3. The number of hydrogen-bond donors (Lipinski definition) is 2. The summed E-state index contributed by atoms with van der Waals surface area (Å²) in [5.41, 5.74) is 2.45. The van der Waals surface area contributed by atoms with Crippen molar-refractivity contribution in [1.29, 1.82) is 0 Å². The molecule has 0 aliphatic carbocycles. The third-order valence-electron chi connectivity index (χ3n) is 3.77. The van der Waals surface area contributed by atoms with Gasteiger partial charge < -0.3 is 11.2 Å². The minimum atomic E-state index is -0.129. The SMILES string of the molecule is Cc1nnc(SC(C)c2cccc(NC(=O)c3ccccc3)c2)n1N. The Bertz CT molecular complexity index is 878. The third-order valence-corrected chi connectivity index (χ3v) is 4.88. The molecule has 0 spiro atoms. The Kier molecular flexibility index (Phi) is 5.04. The minimum Gasteiger partial charge on any atom is -0.336 e. The van der Waals surface area contributed by atoms with E-state index in [1.165, 1.54) is 16.4 Å². The Labute approximate surface area is 150 Å². The zero-order valence-corrected chi connectivity index (χ0v) is 14.8.